The summed E-state index contributed by atoms with van der Waals surface area (Å²) in [5, 5.41) is 0. The van der Waals surface area contributed by atoms with E-state index in [1.807, 2.05) is 0 Å². The van der Waals surface area contributed by atoms with Crippen LogP contribution in [0.15, 0.2) is 0 Å². The van der Waals surface area contributed by atoms with Gasteiger partial charge in [-0.05, 0) is 32.1 Å². The van der Waals surface area contributed by atoms with Gasteiger partial charge in [0.2, 0.25) is 5.91 Å². The molecule has 0 radical (unpaired) electrons. The number of ether oxygens (including phenoxy) is 1. The summed E-state index contributed by atoms with van der Waals surface area (Å²) in [4.78, 5) is 26.9. The van der Waals surface area contributed by atoms with E-state index in [-0.39, 0.29) is 11.9 Å². The standard InChI is InChI=1S/C16H28N2O3/c1-21-14(19)13-8-4-7-11-18(13)15(20)16(12-17)9-5-2-3-6-10-16/h13H,2-12,17H2,1H3. The Hall–Kier alpha value is -1.10. The molecule has 2 N–H and O–H groups in total. The van der Waals surface area contributed by atoms with Crippen LogP contribution in [0.5, 0.6) is 0 Å². The molecule has 21 heavy (non-hydrogen) atoms. The summed E-state index contributed by atoms with van der Waals surface area (Å²) in [7, 11) is 1.39. The lowest BCUT2D eigenvalue weighted by Gasteiger charge is -2.41. The molecular formula is C16H28N2O3. The van der Waals surface area contributed by atoms with E-state index in [1.165, 1.54) is 20.0 Å². The van der Waals surface area contributed by atoms with Crippen LogP contribution in [-0.4, -0.2) is 43.0 Å². The molecule has 1 saturated carbocycles. The molecule has 1 saturated heterocycles. The number of amides is 1. The molecule has 120 valence electrons. The maximum atomic E-state index is 13.1. The smallest absolute Gasteiger partial charge is 0.328 e. The van der Waals surface area contributed by atoms with Crippen molar-refractivity contribution < 1.29 is 14.3 Å². The lowest BCUT2D eigenvalue weighted by molar-refractivity contribution is -0.159. The number of nitrogens with zero attached hydrogens (tertiary/aromatic N) is 1. The van der Waals surface area contributed by atoms with Crippen molar-refractivity contribution in [3.8, 4) is 0 Å². The maximum Gasteiger partial charge on any atom is 0.328 e. The van der Waals surface area contributed by atoms with Crippen LogP contribution in [0.25, 0.3) is 0 Å². The summed E-state index contributed by atoms with van der Waals surface area (Å²) in [6.07, 6.45) is 8.81. The number of hydrogen-bond acceptors (Lipinski definition) is 4. The van der Waals surface area contributed by atoms with Crippen molar-refractivity contribution in [1.82, 2.24) is 4.90 Å². The first kappa shape index (κ1) is 16.3. The number of rotatable bonds is 3. The zero-order valence-corrected chi connectivity index (χ0v) is 13.1. The van der Waals surface area contributed by atoms with Crippen LogP contribution in [0.4, 0.5) is 0 Å². The molecule has 0 aromatic rings. The van der Waals surface area contributed by atoms with Crippen LogP contribution in [0.2, 0.25) is 0 Å². The van der Waals surface area contributed by atoms with E-state index in [2.05, 4.69) is 0 Å². The lowest BCUT2D eigenvalue weighted by Crippen LogP contribution is -2.55. The first-order valence-electron chi connectivity index (χ1n) is 8.23. The van der Waals surface area contributed by atoms with Gasteiger partial charge < -0.3 is 15.4 Å². The van der Waals surface area contributed by atoms with Crippen LogP contribution in [0.1, 0.15) is 57.8 Å². The molecule has 1 aliphatic carbocycles. The molecule has 2 fully saturated rings. The highest BCUT2D eigenvalue weighted by Crippen LogP contribution is 2.37. The van der Waals surface area contributed by atoms with Gasteiger partial charge in [0.25, 0.3) is 0 Å². The Kier molecular flexibility index (Phi) is 5.62. The predicted molar refractivity (Wildman–Crippen MR) is 80.6 cm³/mol. The van der Waals surface area contributed by atoms with Crippen molar-refractivity contribution in [3.05, 3.63) is 0 Å². The van der Waals surface area contributed by atoms with Gasteiger partial charge in [-0.25, -0.2) is 4.79 Å². The third kappa shape index (κ3) is 3.39. The summed E-state index contributed by atoms with van der Waals surface area (Å²) in [6.45, 7) is 1.04. The van der Waals surface area contributed by atoms with E-state index < -0.39 is 11.5 Å². The largest absolute Gasteiger partial charge is 0.467 e. The third-order valence-electron chi connectivity index (χ3n) is 5.14. The van der Waals surface area contributed by atoms with Gasteiger partial charge in [-0.3, -0.25) is 4.79 Å². The van der Waals surface area contributed by atoms with Crippen molar-refractivity contribution in [2.75, 3.05) is 20.2 Å². The summed E-state index contributed by atoms with van der Waals surface area (Å²) in [5.74, 6) is -0.203. The lowest BCUT2D eigenvalue weighted by atomic mass is 9.78. The molecule has 2 rings (SSSR count). The molecule has 1 aliphatic heterocycles. The minimum atomic E-state index is -0.458. The van der Waals surface area contributed by atoms with Crippen LogP contribution >= 0.6 is 0 Å². The highest BCUT2D eigenvalue weighted by Gasteiger charge is 2.44. The molecule has 5 heteroatoms. The zero-order chi connectivity index (χ0) is 15.3. The van der Waals surface area contributed by atoms with Crippen molar-refractivity contribution in [2.45, 2.75) is 63.8 Å². The monoisotopic (exact) mass is 296 g/mol. The fourth-order valence-electron chi connectivity index (χ4n) is 3.77. The number of methoxy groups -OCH3 is 1. The van der Waals surface area contributed by atoms with Gasteiger partial charge in [0.1, 0.15) is 6.04 Å². The average molecular weight is 296 g/mol. The van der Waals surface area contributed by atoms with Crippen LogP contribution in [-0.2, 0) is 14.3 Å². The minimum Gasteiger partial charge on any atom is -0.467 e. The van der Waals surface area contributed by atoms with Gasteiger partial charge in [-0.1, -0.05) is 25.7 Å². The average Bonchev–Trinajstić information content (AvgIpc) is 2.80. The highest BCUT2D eigenvalue weighted by atomic mass is 16.5. The summed E-state index contributed by atoms with van der Waals surface area (Å²) in [5.41, 5.74) is 5.55. The number of likely N-dealkylation sites (tertiary alicyclic amines) is 1. The summed E-state index contributed by atoms with van der Waals surface area (Å²) >= 11 is 0. The van der Waals surface area contributed by atoms with Gasteiger partial charge in [0.05, 0.1) is 12.5 Å². The molecule has 5 nitrogen and oxygen atoms in total. The molecular weight excluding hydrogens is 268 g/mol. The maximum absolute atomic E-state index is 13.1. The minimum absolute atomic E-state index is 0.0852. The Morgan fingerprint density at radius 3 is 2.38 bits per heavy atom. The van der Waals surface area contributed by atoms with Crippen LogP contribution in [0, 0.1) is 5.41 Å². The fourth-order valence-corrected chi connectivity index (χ4v) is 3.77. The number of carbonyl (C=O) groups is 2. The molecule has 0 bridgehead atoms. The molecule has 0 spiro atoms. The molecule has 0 aromatic carbocycles. The Labute approximate surface area is 127 Å². The number of piperidine rings is 1. The van der Waals surface area contributed by atoms with Crippen molar-refractivity contribution >= 4 is 11.9 Å². The van der Waals surface area contributed by atoms with E-state index in [4.69, 9.17) is 10.5 Å². The number of carbonyl (C=O) groups excluding carboxylic acids is 2. The van der Waals surface area contributed by atoms with E-state index in [0.717, 1.165) is 38.5 Å². The van der Waals surface area contributed by atoms with E-state index in [0.29, 0.717) is 19.5 Å². The van der Waals surface area contributed by atoms with E-state index in [9.17, 15) is 9.59 Å². The number of nitrogens with two attached hydrogens (primary N) is 1. The first-order valence-corrected chi connectivity index (χ1v) is 8.23. The Morgan fingerprint density at radius 1 is 1.14 bits per heavy atom. The second kappa shape index (κ2) is 7.25. The number of esters is 1. The van der Waals surface area contributed by atoms with Crippen molar-refractivity contribution in [2.24, 2.45) is 11.1 Å². The first-order chi connectivity index (χ1) is 10.1. The predicted octanol–water partition coefficient (Wildman–Crippen LogP) is 1.84. The van der Waals surface area contributed by atoms with E-state index in [1.54, 1.807) is 4.90 Å². The highest BCUT2D eigenvalue weighted by molar-refractivity contribution is 5.88. The molecule has 1 amide bonds. The zero-order valence-electron chi connectivity index (χ0n) is 13.1. The Balaban J connectivity index is 2.19. The van der Waals surface area contributed by atoms with Crippen molar-refractivity contribution in [1.29, 1.82) is 0 Å². The second-order valence-corrected chi connectivity index (χ2v) is 6.43. The van der Waals surface area contributed by atoms with Gasteiger partial charge in [-0.15, -0.1) is 0 Å². The molecule has 1 heterocycles. The third-order valence-corrected chi connectivity index (χ3v) is 5.14. The quantitative estimate of drug-likeness (QED) is 0.637. The summed E-state index contributed by atoms with van der Waals surface area (Å²) in [6, 6.07) is -0.414. The SMILES string of the molecule is COC(=O)C1CCCCN1C(=O)C1(CN)CCCCCC1. The molecule has 1 atom stereocenters. The summed E-state index contributed by atoms with van der Waals surface area (Å²) < 4.78 is 4.88. The topological polar surface area (TPSA) is 72.6 Å². The van der Waals surface area contributed by atoms with Crippen molar-refractivity contribution in [3.63, 3.8) is 0 Å². The van der Waals surface area contributed by atoms with Gasteiger partial charge in [-0.2, -0.15) is 0 Å². The Morgan fingerprint density at radius 2 is 1.81 bits per heavy atom. The van der Waals surface area contributed by atoms with Gasteiger partial charge >= 0.3 is 5.97 Å². The van der Waals surface area contributed by atoms with Gasteiger partial charge in [0, 0.05) is 13.1 Å². The van der Waals surface area contributed by atoms with E-state index >= 15 is 0 Å². The van der Waals surface area contributed by atoms with Gasteiger partial charge in [0.15, 0.2) is 0 Å². The van der Waals surface area contributed by atoms with Crippen LogP contribution in [0.3, 0.4) is 0 Å². The molecule has 2 aliphatic rings. The normalized spacial score (nSPS) is 26.0. The fraction of sp³-hybridized carbons (Fsp3) is 0.875. The second-order valence-electron chi connectivity index (χ2n) is 6.43. The number of hydrogen-bond donors (Lipinski definition) is 1. The molecule has 0 aromatic heterocycles. The van der Waals surface area contributed by atoms with Crippen LogP contribution < -0.4 is 5.73 Å². The Bertz CT molecular complexity index is 376. The molecule has 1 unspecified atom stereocenters.